The molecular formula is C17H14N2O4. The summed E-state index contributed by atoms with van der Waals surface area (Å²) in [6.45, 7) is 1.84. The van der Waals surface area contributed by atoms with Crippen LogP contribution in [0, 0.1) is 11.3 Å². The number of nitriles is 1. The predicted molar refractivity (Wildman–Crippen MR) is 82.4 cm³/mol. The van der Waals surface area contributed by atoms with E-state index < -0.39 is 6.10 Å². The molecule has 1 unspecified atom stereocenters. The van der Waals surface area contributed by atoms with Crippen molar-refractivity contribution in [3.05, 3.63) is 48.0 Å². The Morgan fingerprint density at radius 1 is 1.22 bits per heavy atom. The molecule has 1 N–H and O–H groups in total. The van der Waals surface area contributed by atoms with Gasteiger partial charge in [-0.3, -0.25) is 4.79 Å². The van der Waals surface area contributed by atoms with Gasteiger partial charge < -0.3 is 19.5 Å². The Balaban J connectivity index is 1.62. The van der Waals surface area contributed by atoms with Gasteiger partial charge in [0, 0.05) is 11.8 Å². The predicted octanol–water partition coefficient (Wildman–Crippen LogP) is 2.69. The first-order chi connectivity index (χ1) is 11.2. The highest BCUT2D eigenvalue weighted by Crippen LogP contribution is 2.35. The average Bonchev–Trinajstić information content (AvgIpc) is 3.03. The second-order valence-corrected chi connectivity index (χ2v) is 4.95. The van der Waals surface area contributed by atoms with Crippen LogP contribution in [0.25, 0.3) is 0 Å². The van der Waals surface area contributed by atoms with Crippen LogP contribution in [0.15, 0.2) is 42.5 Å². The zero-order chi connectivity index (χ0) is 16.2. The van der Waals surface area contributed by atoms with Gasteiger partial charge in [-0.2, -0.15) is 5.26 Å². The van der Waals surface area contributed by atoms with E-state index in [2.05, 4.69) is 5.32 Å². The van der Waals surface area contributed by atoms with Gasteiger partial charge in [0.15, 0.2) is 17.6 Å². The first-order valence-electron chi connectivity index (χ1n) is 7.03. The lowest BCUT2D eigenvalue weighted by Crippen LogP contribution is -2.30. The lowest BCUT2D eigenvalue weighted by molar-refractivity contribution is -0.122. The van der Waals surface area contributed by atoms with E-state index in [1.54, 1.807) is 49.4 Å². The van der Waals surface area contributed by atoms with Crippen LogP contribution in [-0.2, 0) is 4.79 Å². The standard InChI is InChI=1S/C17H14N2O4/c1-11(17(20)19-13-4-2-12(9-18)3-5-13)23-14-6-7-15-16(8-14)22-10-21-15/h2-8,11H,10H2,1H3,(H,19,20). The quantitative estimate of drug-likeness (QED) is 0.939. The number of hydrogen-bond donors (Lipinski definition) is 1. The van der Waals surface area contributed by atoms with Crippen LogP contribution in [-0.4, -0.2) is 18.8 Å². The molecule has 116 valence electrons. The summed E-state index contributed by atoms with van der Waals surface area (Å²) >= 11 is 0. The molecular weight excluding hydrogens is 296 g/mol. The molecule has 1 atom stereocenters. The summed E-state index contributed by atoms with van der Waals surface area (Å²) in [5.74, 6) is 1.50. The smallest absolute Gasteiger partial charge is 0.265 e. The van der Waals surface area contributed by atoms with Gasteiger partial charge in [-0.25, -0.2) is 0 Å². The number of rotatable bonds is 4. The fourth-order valence-electron chi connectivity index (χ4n) is 2.08. The minimum absolute atomic E-state index is 0.188. The molecule has 2 aromatic rings. The van der Waals surface area contributed by atoms with Crippen molar-refractivity contribution in [1.29, 1.82) is 5.26 Å². The van der Waals surface area contributed by atoms with Gasteiger partial charge in [-0.05, 0) is 43.3 Å². The minimum Gasteiger partial charge on any atom is -0.481 e. The first-order valence-corrected chi connectivity index (χ1v) is 7.03. The third kappa shape index (κ3) is 3.35. The normalized spacial score (nSPS) is 13.0. The van der Waals surface area contributed by atoms with E-state index in [0.29, 0.717) is 28.5 Å². The van der Waals surface area contributed by atoms with E-state index in [1.807, 2.05) is 6.07 Å². The van der Waals surface area contributed by atoms with Crippen molar-refractivity contribution in [2.45, 2.75) is 13.0 Å². The number of anilines is 1. The Kier molecular flexibility index (Phi) is 4.02. The molecule has 6 nitrogen and oxygen atoms in total. The zero-order valence-electron chi connectivity index (χ0n) is 12.4. The Bertz CT molecular complexity index is 765. The largest absolute Gasteiger partial charge is 0.481 e. The Labute approximate surface area is 133 Å². The maximum atomic E-state index is 12.1. The van der Waals surface area contributed by atoms with Crippen molar-refractivity contribution in [3.63, 3.8) is 0 Å². The molecule has 0 saturated carbocycles. The van der Waals surface area contributed by atoms with Crippen LogP contribution < -0.4 is 19.5 Å². The number of carbonyl (C=O) groups excluding carboxylic acids is 1. The summed E-state index contributed by atoms with van der Waals surface area (Å²) in [7, 11) is 0. The Morgan fingerprint density at radius 2 is 1.96 bits per heavy atom. The number of fused-ring (bicyclic) bond motifs is 1. The van der Waals surface area contributed by atoms with Crippen LogP contribution in [0.4, 0.5) is 5.69 Å². The number of ether oxygens (including phenoxy) is 3. The monoisotopic (exact) mass is 310 g/mol. The number of hydrogen-bond acceptors (Lipinski definition) is 5. The van der Waals surface area contributed by atoms with Gasteiger partial charge >= 0.3 is 0 Å². The van der Waals surface area contributed by atoms with Crippen molar-refractivity contribution >= 4 is 11.6 Å². The highest BCUT2D eigenvalue weighted by molar-refractivity contribution is 5.94. The van der Waals surface area contributed by atoms with E-state index in [0.717, 1.165) is 0 Å². The summed E-state index contributed by atoms with van der Waals surface area (Å²) in [5, 5.41) is 11.5. The molecule has 1 amide bonds. The average molecular weight is 310 g/mol. The third-order valence-electron chi connectivity index (χ3n) is 3.31. The maximum Gasteiger partial charge on any atom is 0.265 e. The molecule has 0 saturated heterocycles. The van der Waals surface area contributed by atoms with Crippen molar-refractivity contribution in [1.82, 2.24) is 0 Å². The van der Waals surface area contributed by atoms with Gasteiger partial charge in [0.2, 0.25) is 6.79 Å². The molecule has 6 heteroatoms. The Morgan fingerprint density at radius 3 is 2.70 bits per heavy atom. The van der Waals surface area contributed by atoms with E-state index in [1.165, 1.54) is 0 Å². The summed E-state index contributed by atoms with van der Waals surface area (Å²) in [6.07, 6.45) is -0.689. The minimum atomic E-state index is -0.689. The molecule has 1 heterocycles. The molecule has 0 aromatic heterocycles. The second-order valence-electron chi connectivity index (χ2n) is 4.95. The van der Waals surface area contributed by atoms with E-state index in [4.69, 9.17) is 19.5 Å². The van der Waals surface area contributed by atoms with Crippen molar-refractivity contribution in [2.24, 2.45) is 0 Å². The highest BCUT2D eigenvalue weighted by Gasteiger charge is 2.18. The fourth-order valence-corrected chi connectivity index (χ4v) is 2.08. The molecule has 0 radical (unpaired) electrons. The number of carbonyl (C=O) groups is 1. The van der Waals surface area contributed by atoms with Crippen LogP contribution in [0.1, 0.15) is 12.5 Å². The molecule has 1 aliphatic rings. The number of nitrogens with one attached hydrogen (secondary N) is 1. The molecule has 0 aliphatic carbocycles. The second kappa shape index (κ2) is 6.28. The summed E-state index contributed by atoms with van der Waals surface area (Å²) < 4.78 is 16.1. The van der Waals surface area contributed by atoms with Crippen LogP contribution in [0.3, 0.4) is 0 Å². The summed E-state index contributed by atoms with van der Waals surface area (Å²) in [4.78, 5) is 12.1. The van der Waals surface area contributed by atoms with E-state index in [9.17, 15) is 4.79 Å². The van der Waals surface area contributed by atoms with Gasteiger partial charge in [0.1, 0.15) is 5.75 Å². The first kappa shape index (κ1) is 14.7. The van der Waals surface area contributed by atoms with Crippen molar-refractivity contribution < 1.29 is 19.0 Å². The molecule has 1 aliphatic heterocycles. The molecule has 0 bridgehead atoms. The summed E-state index contributed by atoms with van der Waals surface area (Å²) in [6, 6.07) is 13.8. The molecule has 0 spiro atoms. The van der Waals surface area contributed by atoms with Crippen LogP contribution in [0.5, 0.6) is 17.2 Å². The lowest BCUT2D eigenvalue weighted by atomic mass is 10.2. The van der Waals surface area contributed by atoms with Gasteiger partial charge in [0.05, 0.1) is 11.6 Å². The van der Waals surface area contributed by atoms with E-state index >= 15 is 0 Å². The van der Waals surface area contributed by atoms with Crippen LogP contribution >= 0.6 is 0 Å². The zero-order valence-corrected chi connectivity index (χ0v) is 12.4. The molecule has 2 aromatic carbocycles. The molecule has 23 heavy (non-hydrogen) atoms. The number of amides is 1. The molecule has 3 rings (SSSR count). The fraction of sp³-hybridized carbons (Fsp3) is 0.176. The highest BCUT2D eigenvalue weighted by atomic mass is 16.7. The summed E-state index contributed by atoms with van der Waals surface area (Å²) in [5.41, 5.74) is 1.14. The van der Waals surface area contributed by atoms with Gasteiger partial charge in [-0.1, -0.05) is 0 Å². The third-order valence-corrected chi connectivity index (χ3v) is 3.31. The van der Waals surface area contributed by atoms with E-state index in [-0.39, 0.29) is 12.7 Å². The van der Waals surface area contributed by atoms with Gasteiger partial charge in [-0.15, -0.1) is 0 Å². The Hall–Kier alpha value is -3.20. The van der Waals surface area contributed by atoms with Crippen LogP contribution in [0.2, 0.25) is 0 Å². The number of nitrogens with zero attached hydrogens (tertiary/aromatic N) is 1. The number of benzene rings is 2. The SMILES string of the molecule is CC(Oc1ccc2c(c1)OCO2)C(=O)Nc1ccc(C#N)cc1. The van der Waals surface area contributed by atoms with Crippen molar-refractivity contribution in [2.75, 3.05) is 12.1 Å². The van der Waals surface area contributed by atoms with Crippen molar-refractivity contribution in [3.8, 4) is 23.3 Å². The lowest BCUT2D eigenvalue weighted by Gasteiger charge is -2.15. The topological polar surface area (TPSA) is 80.6 Å². The van der Waals surface area contributed by atoms with Gasteiger partial charge in [0.25, 0.3) is 5.91 Å². The molecule has 0 fully saturated rings. The maximum absolute atomic E-state index is 12.1.